The van der Waals surface area contributed by atoms with Crippen LogP contribution in [0.25, 0.3) is 0 Å². The molecule has 0 radical (unpaired) electrons. The molecule has 2 saturated carbocycles. The van der Waals surface area contributed by atoms with Crippen molar-refractivity contribution in [1.29, 1.82) is 0 Å². The first-order chi connectivity index (χ1) is 10.6. The third-order valence-corrected chi connectivity index (χ3v) is 7.44. The highest BCUT2D eigenvalue weighted by Gasteiger charge is 2.47. The van der Waals surface area contributed by atoms with Crippen LogP contribution in [0.4, 0.5) is 4.79 Å². The number of nitrogens with zero attached hydrogens (tertiary/aromatic N) is 4. The fourth-order valence-electron chi connectivity index (χ4n) is 4.23. The molecule has 120 valence electrons. The van der Waals surface area contributed by atoms with Gasteiger partial charge < -0.3 is 4.90 Å². The van der Waals surface area contributed by atoms with Crippen LogP contribution in [0.2, 0.25) is 0 Å². The van der Waals surface area contributed by atoms with Crippen molar-refractivity contribution in [2.45, 2.75) is 48.9 Å². The van der Waals surface area contributed by atoms with E-state index in [1.807, 2.05) is 0 Å². The molecule has 1 aromatic heterocycles. The Morgan fingerprint density at radius 2 is 1.95 bits per heavy atom. The van der Waals surface area contributed by atoms with E-state index in [4.69, 9.17) is 0 Å². The van der Waals surface area contributed by atoms with Gasteiger partial charge in [-0.05, 0) is 43.9 Å². The van der Waals surface area contributed by atoms with Crippen LogP contribution in [0.5, 0.6) is 0 Å². The lowest BCUT2D eigenvalue weighted by atomic mass is 10.0. The smallest absolute Gasteiger partial charge is 0.323 e. The molecule has 3 unspecified atom stereocenters. The summed E-state index contributed by atoms with van der Waals surface area (Å²) in [5, 5.41) is 3.44. The largest absolute Gasteiger partial charge is 0.346 e. The lowest BCUT2D eigenvalue weighted by Crippen LogP contribution is -2.33. The minimum Gasteiger partial charge on any atom is -0.323 e. The van der Waals surface area contributed by atoms with Crippen LogP contribution < -0.4 is 0 Å². The molecular formula is C14H20N4O3S. The van der Waals surface area contributed by atoms with Gasteiger partial charge in [0.1, 0.15) is 6.33 Å². The van der Waals surface area contributed by atoms with Crippen LogP contribution in [0.1, 0.15) is 38.5 Å². The summed E-state index contributed by atoms with van der Waals surface area (Å²) in [6.45, 7) is 1.40. The summed E-state index contributed by atoms with van der Waals surface area (Å²) in [5.41, 5.74) is 0. The molecular weight excluding hydrogens is 304 g/mol. The van der Waals surface area contributed by atoms with Crippen molar-refractivity contribution in [3.05, 3.63) is 6.33 Å². The Labute approximate surface area is 129 Å². The van der Waals surface area contributed by atoms with Gasteiger partial charge in [-0.3, -0.25) is 0 Å². The molecule has 2 heterocycles. The van der Waals surface area contributed by atoms with Gasteiger partial charge in [0.25, 0.3) is 5.16 Å². The molecule has 8 heteroatoms. The molecule has 1 aliphatic heterocycles. The Morgan fingerprint density at radius 1 is 1.18 bits per heavy atom. The summed E-state index contributed by atoms with van der Waals surface area (Å²) in [6, 6.07) is -0.278. The van der Waals surface area contributed by atoms with Crippen molar-refractivity contribution in [3.63, 3.8) is 0 Å². The van der Waals surface area contributed by atoms with Gasteiger partial charge in [-0.15, -0.1) is 5.10 Å². The molecule has 0 N–H and O–H groups in total. The zero-order chi connectivity index (χ0) is 15.3. The molecule has 7 nitrogen and oxygen atoms in total. The Morgan fingerprint density at radius 3 is 2.59 bits per heavy atom. The van der Waals surface area contributed by atoms with E-state index in [0.29, 0.717) is 19.0 Å². The number of carbonyl (C=O) groups excluding carboxylic acids is 1. The Balaban J connectivity index is 1.57. The maximum atomic E-state index is 12.7. The van der Waals surface area contributed by atoms with Crippen LogP contribution >= 0.6 is 0 Å². The molecule has 2 aliphatic carbocycles. The Hall–Kier alpha value is -1.44. The van der Waals surface area contributed by atoms with Crippen LogP contribution in [0.15, 0.2) is 11.5 Å². The van der Waals surface area contributed by atoms with Crippen molar-refractivity contribution in [2.75, 3.05) is 13.1 Å². The third kappa shape index (κ3) is 2.15. The fourth-order valence-corrected chi connectivity index (χ4v) is 6.17. The summed E-state index contributed by atoms with van der Waals surface area (Å²) in [4.78, 5) is 17.8. The van der Waals surface area contributed by atoms with E-state index in [0.717, 1.165) is 43.2 Å². The van der Waals surface area contributed by atoms with Crippen LogP contribution in [-0.4, -0.2) is 52.5 Å². The van der Waals surface area contributed by atoms with Gasteiger partial charge in [-0.2, -0.15) is 4.68 Å². The van der Waals surface area contributed by atoms with Crippen LogP contribution in [0, 0.1) is 11.8 Å². The second-order valence-electron chi connectivity index (χ2n) is 6.71. The standard InChI is InChI=1S/C14H20N4O3S/c19-14(17-5-1-2-6-17)18-9-15-13(16-18)22(20,21)12-8-10-3-4-11(12)7-10/h9-12H,1-8H2. The quantitative estimate of drug-likeness (QED) is 0.818. The van der Waals surface area contributed by atoms with E-state index in [2.05, 4.69) is 10.1 Å². The monoisotopic (exact) mass is 324 g/mol. The number of hydrogen-bond acceptors (Lipinski definition) is 5. The summed E-state index contributed by atoms with van der Waals surface area (Å²) < 4.78 is 26.5. The maximum Gasteiger partial charge on any atom is 0.346 e. The molecule has 0 spiro atoms. The van der Waals surface area contributed by atoms with Gasteiger partial charge in [0.15, 0.2) is 0 Å². The SMILES string of the molecule is O=C(N1CCCC1)n1cnc(S(=O)(=O)C2CC3CCC2C3)n1. The zero-order valence-corrected chi connectivity index (χ0v) is 13.2. The molecule has 22 heavy (non-hydrogen) atoms. The number of likely N-dealkylation sites (tertiary alicyclic amines) is 1. The van der Waals surface area contributed by atoms with Gasteiger partial charge in [0.2, 0.25) is 9.84 Å². The lowest BCUT2D eigenvalue weighted by Gasteiger charge is -2.19. The number of amides is 1. The first-order valence-electron chi connectivity index (χ1n) is 8.00. The molecule has 3 atom stereocenters. The summed E-state index contributed by atoms with van der Waals surface area (Å²) in [7, 11) is -3.52. The van der Waals surface area contributed by atoms with Crippen molar-refractivity contribution >= 4 is 15.9 Å². The highest BCUT2D eigenvalue weighted by molar-refractivity contribution is 7.91. The van der Waals surface area contributed by atoms with E-state index < -0.39 is 9.84 Å². The Kier molecular flexibility index (Phi) is 3.25. The van der Waals surface area contributed by atoms with Gasteiger partial charge in [0.05, 0.1) is 5.25 Å². The Bertz CT molecular complexity index is 693. The summed E-state index contributed by atoms with van der Waals surface area (Å²) >= 11 is 0. The summed E-state index contributed by atoms with van der Waals surface area (Å²) in [5.74, 6) is 0.786. The molecule has 1 aromatic rings. The van der Waals surface area contributed by atoms with Crippen LogP contribution in [0.3, 0.4) is 0 Å². The molecule has 3 fully saturated rings. The molecule has 1 saturated heterocycles. The number of carbonyl (C=O) groups is 1. The van der Waals surface area contributed by atoms with Crippen molar-refractivity contribution in [1.82, 2.24) is 19.7 Å². The van der Waals surface area contributed by atoms with Crippen molar-refractivity contribution in [2.24, 2.45) is 11.8 Å². The first kappa shape index (κ1) is 14.2. The average molecular weight is 324 g/mol. The number of rotatable bonds is 2. The topological polar surface area (TPSA) is 85.2 Å². The normalized spacial score (nSPS) is 31.1. The summed E-state index contributed by atoms with van der Waals surface area (Å²) in [6.07, 6.45) is 7.07. The molecule has 2 bridgehead atoms. The molecule has 3 aliphatic rings. The van der Waals surface area contributed by atoms with Gasteiger partial charge in [0, 0.05) is 13.1 Å². The van der Waals surface area contributed by atoms with Crippen molar-refractivity contribution in [3.8, 4) is 0 Å². The van der Waals surface area contributed by atoms with Crippen LogP contribution in [-0.2, 0) is 9.84 Å². The van der Waals surface area contributed by atoms with Gasteiger partial charge in [-0.25, -0.2) is 18.2 Å². The molecule has 1 amide bonds. The lowest BCUT2D eigenvalue weighted by molar-refractivity contribution is 0.207. The second kappa shape index (κ2) is 5.04. The second-order valence-corrected chi connectivity index (χ2v) is 8.77. The highest BCUT2D eigenvalue weighted by atomic mass is 32.2. The predicted octanol–water partition coefficient (Wildman–Crippen LogP) is 1.30. The minimum atomic E-state index is -3.52. The molecule has 0 aromatic carbocycles. The predicted molar refractivity (Wildman–Crippen MR) is 78.0 cm³/mol. The zero-order valence-electron chi connectivity index (χ0n) is 12.4. The van der Waals surface area contributed by atoms with E-state index >= 15 is 0 Å². The number of aromatic nitrogens is 3. The van der Waals surface area contributed by atoms with Crippen molar-refractivity contribution < 1.29 is 13.2 Å². The van der Waals surface area contributed by atoms with Gasteiger partial charge in [-0.1, -0.05) is 6.42 Å². The van der Waals surface area contributed by atoms with E-state index in [-0.39, 0.29) is 22.4 Å². The van der Waals surface area contributed by atoms with E-state index in [1.165, 1.54) is 6.33 Å². The van der Waals surface area contributed by atoms with E-state index in [1.54, 1.807) is 4.90 Å². The average Bonchev–Trinajstić information content (AvgIpc) is 3.30. The third-order valence-electron chi connectivity index (χ3n) is 5.37. The number of hydrogen-bond donors (Lipinski definition) is 0. The van der Waals surface area contributed by atoms with Gasteiger partial charge >= 0.3 is 6.03 Å². The number of sulfone groups is 1. The number of fused-ring (bicyclic) bond motifs is 2. The first-order valence-corrected chi connectivity index (χ1v) is 9.55. The molecule has 4 rings (SSSR count). The maximum absolute atomic E-state index is 12.7. The highest BCUT2D eigenvalue weighted by Crippen LogP contribution is 2.48. The fraction of sp³-hybridized carbons (Fsp3) is 0.786. The minimum absolute atomic E-state index is 0.183. The van der Waals surface area contributed by atoms with E-state index in [9.17, 15) is 13.2 Å².